The Hall–Kier alpha value is -0.120. The molecule has 0 radical (unpaired) electrons. The molecule has 0 saturated carbocycles. The van der Waals surface area contributed by atoms with E-state index in [2.05, 4.69) is 4.90 Å². The zero-order valence-corrected chi connectivity index (χ0v) is 7.58. The van der Waals surface area contributed by atoms with E-state index in [-0.39, 0.29) is 0 Å². The highest BCUT2D eigenvalue weighted by molar-refractivity contribution is 4.74. The Kier molecular flexibility index (Phi) is 4.58. The van der Waals surface area contributed by atoms with E-state index in [0.29, 0.717) is 19.1 Å². The van der Waals surface area contributed by atoms with Gasteiger partial charge >= 0.3 is 0 Å². The molecule has 1 fully saturated rings. The fourth-order valence-electron chi connectivity index (χ4n) is 1.71. The van der Waals surface area contributed by atoms with E-state index in [9.17, 15) is 0 Å². The number of unbranched alkanes of at least 4 members (excludes halogenated alkanes) is 1. The largest absolute Gasteiger partial charge is 0.396 e. The smallest absolute Gasteiger partial charge is 0.0471 e. The standard InChI is InChI=1S/C9H19NO2/c11-6-2-1-4-10-5-3-9(7-10)8-12/h9,11-12H,1-8H2. The Morgan fingerprint density at radius 2 is 2.08 bits per heavy atom. The van der Waals surface area contributed by atoms with Crippen molar-refractivity contribution in [2.75, 3.05) is 32.8 Å². The second-order valence-electron chi connectivity index (χ2n) is 3.57. The molecule has 0 aromatic heterocycles. The number of aliphatic hydroxyl groups excluding tert-OH is 2. The molecule has 1 aliphatic heterocycles. The second-order valence-corrected chi connectivity index (χ2v) is 3.57. The third-order valence-electron chi connectivity index (χ3n) is 2.51. The summed E-state index contributed by atoms with van der Waals surface area (Å²) in [5, 5.41) is 17.5. The van der Waals surface area contributed by atoms with Gasteiger partial charge in [-0.2, -0.15) is 0 Å². The summed E-state index contributed by atoms with van der Waals surface area (Å²) < 4.78 is 0. The van der Waals surface area contributed by atoms with Gasteiger partial charge in [-0.25, -0.2) is 0 Å². The van der Waals surface area contributed by atoms with E-state index in [4.69, 9.17) is 10.2 Å². The van der Waals surface area contributed by atoms with Gasteiger partial charge in [-0.3, -0.25) is 0 Å². The summed E-state index contributed by atoms with van der Waals surface area (Å²) >= 11 is 0. The van der Waals surface area contributed by atoms with Crippen LogP contribution in [-0.2, 0) is 0 Å². The van der Waals surface area contributed by atoms with Crippen molar-refractivity contribution in [2.45, 2.75) is 19.3 Å². The topological polar surface area (TPSA) is 43.7 Å². The van der Waals surface area contributed by atoms with Crippen molar-refractivity contribution >= 4 is 0 Å². The van der Waals surface area contributed by atoms with Gasteiger partial charge in [0.15, 0.2) is 0 Å². The first-order chi connectivity index (χ1) is 5.86. The van der Waals surface area contributed by atoms with E-state index in [1.54, 1.807) is 0 Å². The first-order valence-electron chi connectivity index (χ1n) is 4.81. The van der Waals surface area contributed by atoms with Crippen LogP contribution in [0.25, 0.3) is 0 Å². The molecular formula is C9H19NO2. The summed E-state index contributed by atoms with van der Waals surface area (Å²) in [5.41, 5.74) is 0. The van der Waals surface area contributed by atoms with Crippen molar-refractivity contribution < 1.29 is 10.2 Å². The summed E-state index contributed by atoms with van der Waals surface area (Å²) in [6.45, 7) is 3.88. The Balaban J connectivity index is 2.03. The van der Waals surface area contributed by atoms with Crippen LogP contribution in [0.5, 0.6) is 0 Å². The fraction of sp³-hybridized carbons (Fsp3) is 1.00. The average molecular weight is 173 g/mol. The number of aliphatic hydroxyl groups is 2. The Bertz CT molecular complexity index is 119. The molecule has 0 bridgehead atoms. The number of nitrogens with zero attached hydrogens (tertiary/aromatic N) is 1. The van der Waals surface area contributed by atoms with Gasteiger partial charge in [0.2, 0.25) is 0 Å². The number of rotatable bonds is 5. The van der Waals surface area contributed by atoms with E-state index in [1.807, 2.05) is 0 Å². The minimum absolute atomic E-state index is 0.303. The normalized spacial score (nSPS) is 25.0. The Labute approximate surface area is 74.0 Å². The maximum absolute atomic E-state index is 8.89. The molecule has 1 heterocycles. The van der Waals surface area contributed by atoms with Gasteiger partial charge in [0, 0.05) is 19.8 Å². The molecule has 0 aromatic carbocycles. The van der Waals surface area contributed by atoms with Crippen LogP contribution in [0, 0.1) is 5.92 Å². The quantitative estimate of drug-likeness (QED) is 0.578. The van der Waals surface area contributed by atoms with E-state index in [1.165, 1.54) is 0 Å². The maximum atomic E-state index is 8.89. The minimum Gasteiger partial charge on any atom is -0.396 e. The van der Waals surface area contributed by atoms with Gasteiger partial charge in [0.05, 0.1) is 0 Å². The summed E-state index contributed by atoms with van der Waals surface area (Å²) in [6, 6.07) is 0. The van der Waals surface area contributed by atoms with Gasteiger partial charge < -0.3 is 15.1 Å². The highest BCUT2D eigenvalue weighted by Gasteiger charge is 2.20. The molecule has 72 valence electrons. The van der Waals surface area contributed by atoms with Gasteiger partial charge in [0.25, 0.3) is 0 Å². The van der Waals surface area contributed by atoms with Crippen molar-refractivity contribution in [3.63, 3.8) is 0 Å². The third kappa shape index (κ3) is 3.09. The summed E-state index contributed by atoms with van der Waals surface area (Å²) in [7, 11) is 0. The van der Waals surface area contributed by atoms with Gasteiger partial charge in [-0.05, 0) is 38.3 Å². The number of hydrogen-bond donors (Lipinski definition) is 2. The molecule has 0 amide bonds. The van der Waals surface area contributed by atoms with Crippen LogP contribution in [0.1, 0.15) is 19.3 Å². The summed E-state index contributed by atoms with van der Waals surface area (Å²) in [5.74, 6) is 0.499. The van der Waals surface area contributed by atoms with Crippen molar-refractivity contribution in [3.8, 4) is 0 Å². The Morgan fingerprint density at radius 3 is 2.67 bits per heavy atom. The van der Waals surface area contributed by atoms with Crippen LogP contribution >= 0.6 is 0 Å². The molecule has 3 heteroatoms. The average Bonchev–Trinajstić information content (AvgIpc) is 2.53. The molecule has 12 heavy (non-hydrogen) atoms. The highest BCUT2D eigenvalue weighted by atomic mass is 16.3. The zero-order valence-electron chi connectivity index (χ0n) is 7.58. The molecule has 0 spiro atoms. The molecule has 2 N–H and O–H groups in total. The number of likely N-dealkylation sites (tertiary alicyclic amines) is 1. The van der Waals surface area contributed by atoms with Crippen LogP contribution in [-0.4, -0.2) is 48.0 Å². The lowest BCUT2D eigenvalue weighted by molar-refractivity contribution is 0.217. The highest BCUT2D eigenvalue weighted by Crippen LogP contribution is 2.15. The van der Waals surface area contributed by atoms with E-state index in [0.717, 1.165) is 38.9 Å². The molecule has 1 aliphatic rings. The van der Waals surface area contributed by atoms with Crippen LogP contribution in [0.2, 0.25) is 0 Å². The fourth-order valence-corrected chi connectivity index (χ4v) is 1.71. The summed E-state index contributed by atoms with van der Waals surface area (Å²) in [6.07, 6.45) is 3.12. The molecule has 1 atom stereocenters. The first kappa shape index (κ1) is 9.96. The van der Waals surface area contributed by atoms with Crippen molar-refractivity contribution in [2.24, 2.45) is 5.92 Å². The van der Waals surface area contributed by atoms with E-state index < -0.39 is 0 Å². The van der Waals surface area contributed by atoms with Crippen LogP contribution in [0.4, 0.5) is 0 Å². The third-order valence-corrected chi connectivity index (χ3v) is 2.51. The molecule has 1 rings (SSSR count). The van der Waals surface area contributed by atoms with Gasteiger partial charge in [0.1, 0.15) is 0 Å². The minimum atomic E-state index is 0.303. The van der Waals surface area contributed by atoms with E-state index >= 15 is 0 Å². The van der Waals surface area contributed by atoms with Gasteiger partial charge in [-0.1, -0.05) is 0 Å². The zero-order chi connectivity index (χ0) is 8.81. The molecule has 1 saturated heterocycles. The van der Waals surface area contributed by atoms with Crippen molar-refractivity contribution in [1.29, 1.82) is 0 Å². The predicted octanol–water partition coefficient (Wildman–Crippen LogP) is 0.0731. The molecule has 0 aliphatic carbocycles. The lowest BCUT2D eigenvalue weighted by Crippen LogP contribution is -2.22. The van der Waals surface area contributed by atoms with Gasteiger partial charge in [-0.15, -0.1) is 0 Å². The lowest BCUT2D eigenvalue weighted by atomic mass is 10.1. The maximum Gasteiger partial charge on any atom is 0.0471 e. The lowest BCUT2D eigenvalue weighted by Gasteiger charge is -2.14. The monoisotopic (exact) mass is 173 g/mol. The van der Waals surface area contributed by atoms with Crippen molar-refractivity contribution in [3.05, 3.63) is 0 Å². The van der Waals surface area contributed by atoms with Crippen LogP contribution in [0.3, 0.4) is 0 Å². The first-order valence-corrected chi connectivity index (χ1v) is 4.81. The SMILES string of the molecule is OCCCCN1CCC(CO)C1. The molecule has 0 aromatic rings. The second kappa shape index (κ2) is 5.51. The Morgan fingerprint density at radius 1 is 1.25 bits per heavy atom. The van der Waals surface area contributed by atoms with Crippen molar-refractivity contribution in [1.82, 2.24) is 4.90 Å². The molecule has 1 unspecified atom stereocenters. The molecular weight excluding hydrogens is 154 g/mol. The number of hydrogen-bond acceptors (Lipinski definition) is 3. The van der Waals surface area contributed by atoms with Crippen LogP contribution in [0.15, 0.2) is 0 Å². The summed E-state index contributed by atoms with van der Waals surface area (Å²) in [4.78, 5) is 2.37. The van der Waals surface area contributed by atoms with Crippen LogP contribution < -0.4 is 0 Å². The molecule has 3 nitrogen and oxygen atoms in total. The predicted molar refractivity (Wildman–Crippen MR) is 48.0 cm³/mol.